The Morgan fingerprint density at radius 3 is 3.12 bits per heavy atom. The molecule has 0 radical (unpaired) electrons. The zero-order chi connectivity index (χ0) is 17.4. The van der Waals surface area contributed by atoms with Gasteiger partial charge in [-0.3, -0.25) is 15.0 Å². The minimum Gasteiger partial charge on any atom is -0.376 e. The second-order valence-electron chi connectivity index (χ2n) is 6.67. The van der Waals surface area contributed by atoms with Crippen molar-refractivity contribution in [3.05, 3.63) is 63.5 Å². The van der Waals surface area contributed by atoms with Gasteiger partial charge in [-0.05, 0) is 24.6 Å². The molecule has 0 bridgehead atoms. The summed E-state index contributed by atoms with van der Waals surface area (Å²) >= 11 is 0. The molecule has 0 amide bonds. The summed E-state index contributed by atoms with van der Waals surface area (Å²) in [7, 11) is 0. The topological polar surface area (TPSA) is 81.4 Å². The van der Waals surface area contributed by atoms with Crippen LogP contribution in [0.3, 0.4) is 0 Å². The highest BCUT2D eigenvalue weighted by Crippen LogP contribution is 2.39. The van der Waals surface area contributed by atoms with Crippen LogP contribution in [0.2, 0.25) is 0 Å². The monoisotopic (exact) mass is 344 g/mol. The van der Waals surface area contributed by atoms with Gasteiger partial charge in [0, 0.05) is 30.9 Å². The van der Waals surface area contributed by atoms with Gasteiger partial charge < -0.3 is 4.74 Å². The average molecular weight is 344 g/mol. The van der Waals surface area contributed by atoms with Crippen LogP contribution in [0.4, 0.5) is 10.1 Å². The SMILES string of the molecule is O=[N+]([O-])c1ccc(CN2CCC3(COCc4cncnc43)C2)cc1F. The zero-order valence-corrected chi connectivity index (χ0v) is 13.5. The molecule has 1 spiro atoms. The van der Waals surface area contributed by atoms with Crippen LogP contribution >= 0.6 is 0 Å². The van der Waals surface area contributed by atoms with Gasteiger partial charge in [0.2, 0.25) is 5.82 Å². The molecule has 7 nitrogen and oxygen atoms in total. The highest BCUT2D eigenvalue weighted by Gasteiger charge is 2.44. The van der Waals surface area contributed by atoms with Crippen LogP contribution in [0.25, 0.3) is 0 Å². The maximum atomic E-state index is 13.8. The van der Waals surface area contributed by atoms with Crippen molar-refractivity contribution in [1.29, 1.82) is 0 Å². The quantitative estimate of drug-likeness (QED) is 0.627. The lowest BCUT2D eigenvalue weighted by Gasteiger charge is -2.34. The molecule has 1 unspecified atom stereocenters. The third-order valence-corrected chi connectivity index (χ3v) is 4.97. The first-order valence-electron chi connectivity index (χ1n) is 8.10. The highest BCUT2D eigenvalue weighted by molar-refractivity contribution is 5.35. The Morgan fingerprint density at radius 2 is 2.32 bits per heavy atom. The molecule has 2 aliphatic heterocycles. The van der Waals surface area contributed by atoms with Gasteiger partial charge in [-0.25, -0.2) is 9.97 Å². The summed E-state index contributed by atoms with van der Waals surface area (Å²) in [6.07, 6.45) is 4.28. The molecule has 1 atom stereocenters. The van der Waals surface area contributed by atoms with E-state index in [0.717, 1.165) is 36.3 Å². The largest absolute Gasteiger partial charge is 0.376 e. The fraction of sp³-hybridized carbons (Fsp3) is 0.412. The van der Waals surface area contributed by atoms with E-state index in [4.69, 9.17) is 4.74 Å². The summed E-state index contributed by atoms with van der Waals surface area (Å²) in [6, 6.07) is 4.08. The lowest BCUT2D eigenvalue weighted by atomic mass is 9.81. The summed E-state index contributed by atoms with van der Waals surface area (Å²) in [5.41, 5.74) is 2.14. The highest BCUT2D eigenvalue weighted by atomic mass is 19.1. The van der Waals surface area contributed by atoms with Crippen LogP contribution in [0.5, 0.6) is 0 Å². The number of hydrogen-bond acceptors (Lipinski definition) is 6. The number of hydrogen-bond donors (Lipinski definition) is 0. The van der Waals surface area contributed by atoms with Crippen molar-refractivity contribution in [1.82, 2.24) is 14.9 Å². The van der Waals surface area contributed by atoms with E-state index in [1.165, 1.54) is 12.1 Å². The van der Waals surface area contributed by atoms with E-state index < -0.39 is 16.4 Å². The molecule has 3 heterocycles. The van der Waals surface area contributed by atoms with Crippen LogP contribution in [0, 0.1) is 15.9 Å². The molecule has 0 aliphatic carbocycles. The normalized spacial score (nSPS) is 22.9. The number of fused-ring (bicyclic) bond motifs is 2. The summed E-state index contributed by atoms with van der Waals surface area (Å²) in [6.45, 7) is 3.28. The van der Waals surface area contributed by atoms with Crippen molar-refractivity contribution < 1.29 is 14.1 Å². The minimum absolute atomic E-state index is 0.157. The van der Waals surface area contributed by atoms with Crippen molar-refractivity contribution in [2.24, 2.45) is 0 Å². The van der Waals surface area contributed by atoms with Crippen LogP contribution < -0.4 is 0 Å². The molecule has 1 aromatic carbocycles. The molecule has 2 aromatic rings. The smallest absolute Gasteiger partial charge is 0.304 e. The molecule has 8 heteroatoms. The molecule has 1 aromatic heterocycles. The Kier molecular flexibility index (Phi) is 3.93. The van der Waals surface area contributed by atoms with Crippen LogP contribution in [0.15, 0.2) is 30.7 Å². The van der Waals surface area contributed by atoms with Crippen molar-refractivity contribution >= 4 is 5.69 Å². The predicted molar refractivity (Wildman–Crippen MR) is 86.3 cm³/mol. The van der Waals surface area contributed by atoms with Gasteiger partial charge >= 0.3 is 5.69 Å². The summed E-state index contributed by atoms with van der Waals surface area (Å²) < 4.78 is 19.6. The van der Waals surface area contributed by atoms with Crippen molar-refractivity contribution in [3.63, 3.8) is 0 Å². The lowest BCUT2D eigenvalue weighted by Crippen LogP contribution is -2.40. The van der Waals surface area contributed by atoms with Crippen LogP contribution in [-0.4, -0.2) is 39.5 Å². The van der Waals surface area contributed by atoms with Gasteiger partial charge in [0.15, 0.2) is 0 Å². The molecule has 0 saturated carbocycles. The van der Waals surface area contributed by atoms with Gasteiger partial charge in [-0.15, -0.1) is 0 Å². The summed E-state index contributed by atoms with van der Waals surface area (Å²) in [5, 5.41) is 10.7. The Balaban J connectivity index is 1.52. The number of ether oxygens (including phenoxy) is 1. The fourth-order valence-electron chi connectivity index (χ4n) is 3.83. The summed E-state index contributed by atoms with van der Waals surface area (Å²) in [5.74, 6) is -0.796. The number of nitro groups is 1. The molecule has 0 N–H and O–H groups in total. The third-order valence-electron chi connectivity index (χ3n) is 4.97. The molecule has 1 fully saturated rings. The number of benzene rings is 1. The first kappa shape index (κ1) is 16.0. The van der Waals surface area contributed by atoms with Gasteiger partial charge in [0.1, 0.15) is 6.33 Å². The molecule has 130 valence electrons. The molecule has 1 saturated heterocycles. The van der Waals surface area contributed by atoms with E-state index in [9.17, 15) is 14.5 Å². The maximum Gasteiger partial charge on any atom is 0.304 e. The van der Waals surface area contributed by atoms with Crippen LogP contribution in [-0.2, 0) is 23.3 Å². The first-order valence-corrected chi connectivity index (χ1v) is 8.10. The number of likely N-dealkylation sites (tertiary alicyclic amines) is 1. The van der Waals surface area contributed by atoms with E-state index in [1.54, 1.807) is 18.6 Å². The number of nitrogens with zero attached hydrogens (tertiary/aromatic N) is 4. The Labute approximate surface area is 143 Å². The van der Waals surface area contributed by atoms with Gasteiger partial charge in [-0.2, -0.15) is 4.39 Å². The first-order chi connectivity index (χ1) is 12.1. The van der Waals surface area contributed by atoms with Crippen LogP contribution in [0.1, 0.15) is 23.2 Å². The standard InChI is InChI=1S/C17H17FN4O3/c18-14-5-12(1-2-15(14)22(23)24)7-21-4-3-17(9-21)10-25-8-13-6-19-11-20-16(13)17/h1-2,5-6,11H,3-4,7-10H2. The molecular formula is C17H17FN4O3. The number of halogens is 1. The molecule has 4 rings (SSSR count). The van der Waals surface area contributed by atoms with Crippen molar-refractivity contribution in [2.45, 2.75) is 25.0 Å². The second-order valence-corrected chi connectivity index (χ2v) is 6.67. The Morgan fingerprint density at radius 1 is 1.44 bits per heavy atom. The van der Waals surface area contributed by atoms with Gasteiger partial charge in [0.05, 0.1) is 29.2 Å². The molecular weight excluding hydrogens is 327 g/mol. The van der Waals surface area contributed by atoms with Gasteiger partial charge in [0.25, 0.3) is 0 Å². The maximum absolute atomic E-state index is 13.8. The second kappa shape index (κ2) is 6.12. The third kappa shape index (κ3) is 2.87. The zero-order valence-electron chi connectivity index (χ0n) is 13.5. The van der Waals surface area contributed by atoms with Crippen molar-refractivity contribution in [3.8, 4) is 0 Å². The predicted octanol–water partition coefficient (Wildman–Crippen LogP) is 2.20. The minimum atomic E-state index is -0.796. The lowest BCUT2D eigenvalue weighted by molar-refractivity contribution is -0.387. The Bertz CT molecular complexity index is 831. The summed E-state index contributed by atoms with van der Waals surface area (Å²) in [4.78, 5) is 20.8. The van der Waals surface area contributed by atoms with E-state index in [2.05, 4.69) is 14.9 Å². The molecule has 25 heavy (non-hydrogen) atoms. The number of nitro benzene ring substituents is 1. The number of rotatable bonds is 3. The Hall–Kier alpha value is -2.45. The van der Waals surface area contributed by atoms with E-state index >= 15 is 0 Å². The average Bonchev–Trinajstić information content (AvgIpc) is 2.98. The van der Waals surface area contributed by atoms with E-state index in [-0.39, 0.29) is 5.41 Å². The van der Waals surface area contributed by atoms with E-state index in [1.807, 2.05) is 0 Å². The molecule has 2 aliphatic rings. The van der Waals surface area contributed by atoms with Gasteiger partial charge in [-0.1, -0.05) is 6.07 Å². The van der Waals surface area contributed by atoms with Crippen molar-refractivity contribution in [2.75, 3.05) is 19.7 Å². The fourth-order valence-corrected chi connectivity index (χ4v) is 3.83. The number of aromatic nitrogens is 2. The van der Waals surface area contributed by atoms with E-state index in [0.29, 0.717) is 19.8 Å².